The van der Waals surface area contributed by atoms with Crippen LogP contribution in [0, 0.1) is 0 Å². The van der Waals surface area contributed by atoms with E-state index in [0.717, 1.165) is 12.3 Å². The average Bonchev–Trinajstić information content (AvgIpc) is 1.92. The van der Waals surface area contributed by atoms with E-state index in [0.29, 0.717) is 6.64 Å². The highest BCUT2D eigenvalue weighted by molar-refractivity contribution is 7.75. The lowest BCUT2D eigenvalue weighted by Crippen LogP contribution is -1.98. The fourth-order valence-electron chi connectivity index (χ4n) is 0.589. The number of rotatable bonds is 3. The second kappa shape index (κ2) is 3.45. The van der Waals surface area contributed by atoms with E-state index in [1.165, 1.54) is 0 Å². The Kier molecular flexibility index (Phi) is 2.26. The van der Waals surface area contributed by atoms with E-state index in [9.17, 15) is 0 Å². The Morgan fingerprint density at radius 2 is 1.88 bits per heavy atom. The zero-order chi connectivity index (χ0) is 8.20. The number of hydrogen-bond acceptors (Lipinski definition) is 0. The van der Waals surface area contributed by atoms with Crippen LogP contribution in [0.4, 0.5) is 0 Å². The fraction of sp³-hybridized carbons (Fsp3) is 1.00. The van der Waals surface area contributed by atoms with Crippen LogP contribution >= 0.6 is 7.26 Å². The molecule has 0 radical (unpaired) electrons. The Bertz CT molecular complexity index is 81.3. The topological polar surface area (TPSA) is 0 Å². The molecule has 0 aromatic heterocycles. The molecule has 1 unspecified atom stereocenters. The van der Waals surface area contributed by atoms with Gasteiger partial charge >= 0.3 is 0 Å². The summed E-state index contributed by atoms with van der Waals surface area (Å²) < 4.78 is 15.0. The minimum absolute atomic E-state index is 0.0139. The lowest BCUT2D eigenvalue weighted by molar-refractivity contribution is 1.31. The lowest BCUT2D eigenvalue weighted by atomic mass is 10.9. The molecule has 0 nitrogen and oxygen atoms in total. The van der Waals surface area contributed by atoms with E-state index in [4.69, 9.17) is 2.74 Å². The summed E-state index contributed by atoms with van der Waals surface area (Å²) in [5, 5.41) is 0. The van der Waals surface area contributed by atoms with Crippen LogP contribution in [-0.4, -0.2) is 25.1 Å². The van der Waals surface area contributed by atoms with Crippen LogP contribution in [-0.2, 0) is 0 Å². The van der Waals surface area contributed by atoms with Crippen LogP contribution in [0.3, 0.4) is 0 Å². The van der Waals surface area contributed by atoms with E-state index in [-0.39, 0.29) is 6.14 Å². The number of hydrogen-bond donors (Lipinski definition) is 0. The molecule has 1 heteroatoms. The summed E-state index contributed by atoms with van der Waals surface area (Å²) in [6, 6.07) is 0. The highest BCUT2D eigenvalue weighted by Crippen LogP contribution is 2.53. The first-order valence-corrected chi connectivity index (χ1v) is 5.61. The van der Waals surface area contributed by atoms with Crippen molar-refractivity contribution < 1.29 is 2.74 Å². The van der Waals surface area contributed by atoms with Gasteiger partial charge in [-0.2, -0.15) is 0 Å². The van der Waals surface area contributed by atoms with Crippen molar-refractivity contribution in [3.05, 3.63) is 0 Å². The standard InChI is InChI=1S/C7H18P/c1-5-8(4,6-2)7-3/h5-7H2,1-4H3/q+1/i4D,5D. The molecule has 0 aliphatic heterocycles. The van der Waals surface area contributed by atoms with Gasteiger partial charge in [-0.25, -0.2) is 0 Å². The van der Waals surface area contributed by atoms with Crippen molar-refractivity contribution in [1.29, 1.82) is 0 Å². The maximum absolute atomic E-state index is 7.61. The average molecular weight is 135 g/mol. The van der Waals surface area contributed by atoms with Crippen LogP contribution in [0.2, 0.25) is 0 Å². The molecule has 0 aliphatic rings. The van der Waals surface area contributed by atoms with Gasteiger partial charge < -0.3 is 0 Å². The van der Waals surface area contributed by atoms with Crippen molar-refractivity contribution >= 4 is 7.26 Å². The molecule has 50 valence electrons. The van der Waals surface area contributed by atoms with E-state index in [1.807, 2.05) is 6.92 Å². The SMILES string of the molecule is [2H]C[P+](CC)(CC)C([2H])C. The minimum atomic E-state index is -1.18. The Labute approximate surface area is 56.8 Å². The third-order valence-electron chi connectivity index (χ3n) is 1.81. The summed E-state index contributed by atoms with van der Waals surface area (Å²) in [4.78, 5) is 0. The van der Waals surface area contributed by atoms with Crippen molar-refractivity contribution in [2.45, 2.75) is 20.8 Å². The molecule has 0 amide bonds. The molecular formula is C7H18P+. The van der Waals surface area contributed by atoms with Gasteiger partial charge in [0, 0.05) is 13.9 Å². The molecule has 0 bridgehead atoms. The molecule has 0 aromatic carbocycles. The predicted octanol–water partition coefficient (Wildman–Crippen LogP) is 2.69. The third kappa shape index (κ3) is 2.13. The van der Waals surface area contributed by atoms with E-state index in [1.54, 1.807) is 0 Å². The molecule has 0 saturated heterocycles. The first-order chi connectivity index (χ1) is 4.63. The van der Waals surface area contributed by atoms with Crippen molar-refractivity contribution in [2.75, 3.05) is 25.1 Å². The summed E-state index contributed by atoms with van der Waals surface area (Å²) >= 11 is 0. The highest BCUT2D eigenvalue weighted by atomic mass is 31.2. The minimum Gasteiger partial charge on any atom is -0.0311 e. The molecule has 0 aromatic rings. The Morgan fingerprint density at radius 3 is 1.88 bits per heavy atom. The van der Waals surface area contributed by atoms with Crippen LogP contribution < -0.4 is 0 Å². The Balaban J connectivity index is 4.15. The monoisotopic (exact) mass is 135 g/mol. The van der Waals surface area contributed by atoms with E-state index >= 15 is 0 Å². The maximum atomic E-state index is 7.61. The van der Waals surface area contributed by atoms with Gasteiger partial charge in [-0.15, -0.1) is 0 Å². The van der Waals surface area contributed by atoms with Gasteiger partial charge in [-0.3, -0.25) is 0 Å². The first kappa shape index (κ1) is 5.23. The van der Waals surface area contributed by atoms with Crippen molar-refractivity contribution in [3.63, 3.8) is 0 Å². The molecule has 1 atom stereocenters. The second-order valence-electron chi connectivity index (χ2n) is 2.11. The Hall–Kier alpha value is 0.430. The van der Waals surface area contributed by atoms with E-state index in [2.05, 4.69) is 13.8 Å². The zero-order valence-electron chi connectivity index (χ0n) is 8.15. The van der Waals surface area contributed by atoms with Gasteiger partial charge in [0.1, 0.15) is 0 Å². The third-order valence-corrected chi connectivity index (χ3v) is 5.42. The summed E-state index contributed by atoms with van der Waals surface area (Å²) in [5.41, 5.74) is 0. The summed E-state index contributed by atoms with van der Waals surface area (Å²) in [6.07, 6.45) is 2.15. The molecule has 0 N–H and O–H groups in total. The van der Waals surface area contributed by atoms with Crippen LogP contribution in [0.5, 0.6) is 0 Å². The molecule has 0 saturated carbocycles. The van der Waals surface area contributed by atoms with Gasteiger partial charge in [-0.1, -0.05) is 0 Å². The van der Waals surface area contributed by atoms with Crippen molar-refractivity contribution in [1.82, 2.24) is 0 Å². The highest BCUT2D eigenvalue weighted by Gasteiger charge is 2.22. The molecule has 0 fully saturated rings. The predicted molar refractivity (Wildman–Crippen MR) is 44.5 cm³/mol. The summed E-state index contributed by atoms with van der Waals surface area (Å²) in [6.45, 7) is 6.69. The van der Waals surface area contributed by atoms with Crippen LogP contribution in [0.1, 0.15) is 23.5 Å². The van der Waals surface area contributed by atoms with Gasteiger partial charge in [-0.05, 0) is 20.8 Å². The quantitative estimate of drug-likeness (QED) is 0.522. The fourth-order valence-corrected chi connectivity index (χ4v) is 1.77. The van der Waals surface area contributed by atoms with Gasteiger partial charge in [0.25, 0.3) is 0 Å². The largest absolute Gasteiger partial charge is 0.0705 e. The van der Waals surface area contributed by atoms with Crippen molar-refractivity contribution in [2.24, 2.45) is 0 Å². The van der Waals surface area contributed by atoms with Crippen molar-refractivity contribution in [3.8, 4) is 0 Å². The van der Waals surface area contributed by atoms with Gasteiger partial charge in [0.15, 0.2) is 0 Å². The molecule has 0 rings (SSSR count). The van der Waals surface area contributed by atoms with Crippen LogP contribution in [0.25, 0.3) is 0 Å². The zero-order valence-corrected chi connectivity index (χ0v) is 7.04. The normalized spacial score (nSPS) is 19.4. The summed E-state index contributed by atoms with van der Waals surface area (Å²) in [7, 11) is -1.18. The first-order valence-electron chi connectivity index (χ1n) is 4.48. The lowest BCUT2D eigenvalue weighted by Gasteiger charge is -2.16. The molecular weight excluding hydrogens is 115 g/mol. The molecule has 0 aliphatic carbocycles. The Morgan fingerprint density at radius 1 is 1.38 bits per heavy atom. The smallest absolute Gasteiger partial charge is 0.0311 e. The molecule has 8 heavy (non-hydrogen) atoms. The summed E-state index contributed by atoms with van der Waals surface area (Å²) in [5.74, 6) is 0. The molecule has 0 spiro atoms. The van der Waals surface area contributed by atoms with Crippen LogP contribution in [0.15, 0.2) is 0 Å². The van der Waals surface area contributed by atoms with Gasteiger partial charge in [0.05, 0.1) is 21.2 Å². The van der Waals surface area contributed by atoms with E-state index < -0.39 is 7.26 Å². The second-order valence-corrected chi connectivity index (χ2v) is 6.33. The van der Waals surface area contributed by atoms with Gasteiger partial charge in [0.2, 0.25) is 0 Å². The molecule has 0 heterocycles. The maximum Gasteiger partial charge on any atom is 0.0705 e.